The van der Waals surface area contributed by atoms with Crippen LogP contribution < -0.4 is 5.73 Å². The Morgan fingerprint density at radius 3 is 2.72 bits per heavy atom. The monoisotopic (exact) mass is 283 g/mol. The number of imidazole rings is 1. The van der Waals surface area contributed by atoms with Crippen LogP contribution in [0.15, 0.2) is 24.5 Å². The van der Waals surface area contributed by atoms with E-state index >= 15 is 0 Å². The lowest BCUT2D eigenvalue weighted by Crippen LogP contribution is -2.07. The molecule has 2 aromatic rings. The van der Waals surface area contributed by atoms with Gasteiger partial charge in [-0.25, -0.2) is 4.98 Å². The van der Waals surface area contributed by atoms with Crippen LogP contribution in [0, 0.1) is 0 Å². The van der Waals surface area contributed by atoms with Gasteiger partial charge in [0.15, 0.2) is 0 Å². The van der Waals surface area contributed by atoms with Gasteiger partial charge in [-0.15, -0.1) is 0 Å². The van der Waals surface area contributed by atoms with Crippen molar-refractivity contribution in [3.05, 3.63) is 40.3 Å². The summed E-state index contributed by atoms with van der Waals surface area (Å²) in [5, 5.41) is 1.21. The van der Waals surface area contributed by atoms with E-state index in [0.717, 1.165) is 29.9 Å². The zero-order valence-electron chi connectivity index (χ0n) is 10.2. The third-order valence-electron chi connectivity index (χ3n) is 2.79. The van der Waals surface area contributed by atoms with Gasteiger partial charge in [-0.1, -0.05) is 30.1 Å². The van der Waals surface area contributed by atoms with E-state index in [9.17, 15) is 0 Å². The number of halogens is 2. The van der Waals surface area contributed by atoms with Crippen LogP contribution in [-0.2, 0) is 13.1 Å². The van der Waals surface area contributed by atoms with Crippen molar-refractivity contribution >= 4 is 23.2 Å². The van der Waals surface area contributed by atoms with Gasteiger partial charge in [0, 0.05) is 23.7 Å². The topological polar surface area (TPSA) is 43.8 Å². The SMILES string of the molecule is CCCn1cnc(-c2ccc(Cl)cc2Cl)c1CN. The van der Waals surface area contributed by atoms with Crippen LogP contribution in [-0.4, -0.2) is 9.55 Å². The van der Waals surface area contributed by atoms with E-state index in [-0.39, 0.29) is 0 Å². The minimum Gasteiger partial charge on any atom is -0.333 e. The number of hydrogen-bond acceptors (Lipinski definition) is 2. The van der Waals surface area contributed by atoms with Crippen molar-refractivity contribution in [3.63, 3.8) is 0 Å². The lowest BCUT2D eigenvalue weighted by Gasteiger charge is -2.08. The number of benzene rings is 1. The van der Waals surface area contributed by atoms with Gasteiger partial charge < -0.3 is 10.3 Å². The van der Waals surface area contributed by atoms with Gasteiger partial charge in [-0.3, -0.25) is 0 Å². The van der Waals surface area contributed by atoms with E-state index in [1.54, 1.807) is 6.07 Å². The number of nitrogens with two attached hydrogens (primary N) is 1. The number of rotatable bonds is 4. The minimum absolute atomic E-state index is 0.439. The van der Waals surface area contributed by atoms with E-state index < -0.39 is 0 Å². The maximum atomic E-state index is 6.20. The highest BCUT2D eigenvalue weighted by atomic mass is 35.5. The van der Waals surface area contributed by atoms with Gasteiger partial charge in [0.05, 0.1) is 22.7 Å². The lowest BCUT2D eigenvalue weighted by atomic mass is 10.1. The summed E-state index contributed by atoms with van der Waals surface area (Å²) in [5.74, 6) is 0. The summed E-state index contributed by atoms with van der Waals surface area (Å²) in [4.78, 5) is 4.42. The summed E-state index contributed by atoms with van der Waals surface area (Å²) < 4.78 is 2.07. The van der Waals surface area contributed by atoms with Crippen molar-refractivity contribution in [1.29, 1.82) is 0 Å². The Bertz CT molecular complexity index is 549. The zero-order chi connectivity index (χ0) is 13.1. The van der Waals surface area contributed by atoms with E-state index in [0.29, 0.717) is 16.6 Å². The number of aryl methyl sites for hydroxylation is 1. The average Bonchev–Trinajstić information content (AvgIpc) is 2.72. The molecule has 18 heavy (non-hydrogen) atoms. The third-order valence-corrected chi connectivity index (χ3v) is 3.34. The van der Waals surface area contributed by atoms with Gasteiger partial charge in [0.1, 0.15) is 0 Å². The summed E-state index contributed by atoms with van der Waals surface area (Å²) in [6.07, 6.45) is 2.85. The maximum absolute atomic E-state index is 6.20. The Kier molecular flexibility index (Phi) is 4.27. The van der Waals surface area contributed by atoms with Crippen molar-refractivity contribution in [2.75, 3.05) is 0 Å². The first-order valence-corrected chi connectivity index (χ1v) is 6.62. The van der Waals surface area contributed by atoms with Gasteiger partial charge in [-0.2, -0.15) is 0 Å². The highest BCUT2D eigenvalue weighted by Crippen LogP contribution is 2.31. The Hall–Kier alpha value is -1.03. The molecular formula is C13H15Cl2N3. The Morgan fingerprint density at radius 2 is 2.11 bits per heavy atom. The number of hydrogen-bond donors (Lipinski definition) is 1. The first-order chi connectivity index (χ1) is 8.67. The fourth-order valence-electron chi connectivity index (χ4n) is 1.96. The summed E-state index contributed by atoms with van der Waals surface area (Å²) in [6, 6.07) is 5.40. The number of aromatic nitrogens is 2. The molecule has 0 saturated carbocycles. The molecule has 0 aliphatic heterocycles. The molecule has 0 unspecified atom stereocenters. The predicted octanol–water partition coefficient (Wildman–Crippen LogP) is 3.73. The summed E-state index contributed by atoms with van der Waals surface area (Å²) in [7, 11) is 0. The van der Waals surface area contributed by atoms with E-state index in [1.807, 2.05) is 18.5 Å². The summed E-state index contributed by atoms with van der Waals surface area (Å²) >= 11 is 12.1. The molecule has 2 N–H and O–H groups in total. The largest absolute Gasteiger partial charge is 0.333 e. The fourth-order valence-corrected chi connectivity index (χ4v) is 2.46. The number of nitrogens with zero attached hydrogens (tertiary/aromatic N) is 2. The van der Waals surface area contributed by atoms with Crippen molar-refractivity contribution in [2.45, 2.75) is 26.4 Å². The van der Waals surface area contributed by atoms with Crippen LogP contribution >= 0.6 is 23.2 Å². The van der Waals surface area contributed by atoms with E-state index in [4.69, 9.17) is 28.9 Å². The molecule has 0 aliphatic rings. The second-order valence-corrected chi connectivity index (χ2v) is 4.91. The molecule has 0 spiro atoms. The lowest BCUT2D eigenvalue weighted by molar-refractivity contribution is 0.647. The first-order valence-electron chi connectivity index (χ1n) is 5.86. The van der Waals surface area contributed by atoms with E-state index in [2.05, 4.69) is 16.5 Å². The van der Waals surface area contributed by atoms with Crippen molar-refractivity contribution in [1.82, 2.24) is 9.55 Å². The maximum Gasteiger partial charge on any atom is 0.0956 e. The molecule has 0 bridgehead atoms. The van der Waals surface area contributed by atoms with Crippen LogP contribution in [0.2, 0.25) is 10.0 Å². The predicted molar refractivity (Wildman–Crippen MR) is 75.9 cm³/mol. The van der Waals surface area contributed by atoms with Gasteiger partial charge in [0.25, 0.3) is 0 Å². The van der Waals surface area contributed by atoms with Crippen LogP contribution in [0.1, 0.15) is 19.0 Å². The van der Waals surface area contributed by atoms with Gasteiger partial charge >= 0.3 is 0 Å². The van der Waals surface area contributed by atoms with Crippen LogP contribution in [0.3, 0.4) is 0 Å². The van der Waals surface area contributed by atoms with Crippen molar-refractivity contribution in [3.8, 4) is 11.3 Å². The Morgan fingerprint density at radius 1 is 1.33 bits per heavy atom. The Labute approximate surface area is 117 Å². The molecule has 96 valence electrons. The minimum atomic E-state index is 0.439. The standard InChI is InChI=1S/C13H15Cl2N3/c1-2-5-18-8-17-13(12(18)7-16)10-4-3-9(14)6-11(10)15/h3-4,6,8H,2,5,7,16H2,1H3. The molecule has 1 heterocycles. The molecule has 5 heteroatoms. The normalized spacial score (nSPS) is 10.9. The highest BCUT2D eigenvalue weighted by molar-refractivity contribution is 6.36. The molecule has 0 saturated heterocycles. The second kappa shape index (κ2) is 5.74. The van der Waals surface area contributed by atoms with Crippen LogP contribution in [0.4, 0.5) is 0 Å². The van der Waals surface area contributed by atoms with Crippen LogP contribution in [0.25, 0.3) is 11.3 Å². The summed E-state index contributed by atoms with van der Waals surface area (Å²) in [5.41, 5.74) is 8.53. The van der Waals surface area contributed by atoms with Gasteiger partial charge in [-0.05, 0) is 24.6 Å². The quantitative estimate of drug-likeness (QED) is 0.929. The van der Waals surface area contributed by atoms with Gasteiger partial charge in [0.2, 0.25) is 0 Å². The molecule has 2 rings (SSSR count). The molecule has 0 atom stereocenters. The molecule has 0 radical (unpaired) electrons. The summed E-state index contributed by atoms with van der Waals surface area (Å²) in [6.45, 7) is 3.47. The smallest absolute Gasteiger partial charge is 0.0956 e. The first kappa shape index (κ1) is 13.4. The molecule has 3 nitrogen and oxygen atoms in total. The van der Waals surface area contributed by atoms with Crippen molar-refractivity contribution in [2.24, 2.45) is 5.73 Å². The molecule has 1 aromatic heterocycles. The average molecular weight is 284 g/mol. The fraction of sp³-hybridized carbons (Fsp3) is 0.308. The third kappa shape index (κ3) is 2.53. The molecule has 0 aliphatic carbocycles. The van der Waals surface area contributed by atoms with E-state index in [1.165, 1.54) is 0 Å². The van der Waals surface area contributed by atoms with Crippen molar-refractivity contribution < 1.29 is 0 Å². The van der Waals surface area contributed by atoms with Crippen LogP contribution in [0.5, 0.6) is 0 Å². The molecule has 0 amide bonds. The second-order valence-electron chi connectivity index (χ2n) is 4.06. The Balaban J connectivity index is 2.50. The molecular weight excluding hydrogens is 269 g/mol. The molecule has 1 aromatic carbocycles. The highest BCUT2D eigenvalue weighted by Gasteiger charge is 2.14. The zero-order valence-corrected chi connectivity index (χ0v) is 11.7. The molecule has 0 fully saturated rings.